The van der Waals surface area contributed by atoms with Crippen molar-refractivity contribution in [3.63, 3.8) is 0 Å². The number of hydrogen-bond donors (Lipinski definition) is 1. The van der Waals surface area contributed by atoms with Gasteiger partial charge in [-0.1, -0.05) is 12.1 Å². The highest BCUT2D eigenvalue weighted by Crippen LogP contribution is 2.22. The van der Waals surface area contributed by atoms with Gasteiger partial charge in [0.1, 0.15) is 34.3 Å². The topological polar surface area (TPSA) is 119 Å². The zero-order valence-electron chi connectivity index (χ0n) is 18.4. The van der Waals surface area contributed by atoms with Gasteiger partial charge in [0.25, 0.3) is 5.91 Å². The van der Waals surface area contributed by atoms with E-state index in [4.69, 9.17) is 13.9 Å². The van der Waals surface area contributed by atoms with Gasteiger partial charge in [-0.25, -0.2) is 9.59 Å². The number of benzene rings is 2. The van der Waals surface area contributed by atoms with Gasteiger partial charge in [0.2, 0.25) is 0 Å². The fraction of sp³-hybridized carbons (Fsp3) is 0.200. The highest BCUT2D eigenvalue weighted by molar-refractivity contribution is 6.00. The number of hydrogen-bond acceptors (Lipinski definition) is 7. The molecule has 0 saturated heterocycles. The van der Waals surface area contributed by atoms with Crippen molar-refractivity contribution in [1.29, 1.82) is 5.26 Å². The molecule has 8 heteroatoms. The van der Waals surface area contributed by atoms with E-state index < -0.39 is 17.5 Å². The first kappa shape index (κ1) is 23.3. The van der Waals surface area contributed by atoms with Crippen LogP contribution in [0.1, 0.15) is 36.7 Å². The molecule has 1 N–H and O–H groups in total. The van der Waals surface area contributed by atoms with Crippen molar-refractivity contribution >= 4 is 28.9 Å². The van der Waals surface area contributed by atoms with E-state index in [9.17, 15) is 19.6 Å². The van der Waals surface area contributed by atoms with Gasteiger partial charge in [-0.15, -0.1) is 0 Å². The van der Waals surface area contributed by atoms with E-state index in [2.05, 4.69) is 5.32 Å². The van der Waals surface area contributed by atoms with Crippen molar-refractivity contribution in [3.05, 3.63) is 75.7 Å². The molecule has 0 unspecified atom stereocenters. The van der Waals surface area contributed by atoms with Crippen LogP contribution in [0.3, 0.4) is 0 Å². The first-order chi connectivity index (χ1) is 15.8. The maximum Gasteiger partial charge on any atom is 0.354 e. The second-order valence-corrected chi connectivity index (χ2v) is 7.34. The maximum absolute atomic E-state index is 12.5. The minimum Gasteiger partial charge on any atom is -0.494 e. The summed E-state index contributed by atoms with van der Waals surface area (Å²) in [6.07, 6.45) is 1.40. The van der Waals surface area contributed by atoms with Gasteiger partial charge in [-0.05, 0) is 62.7 Å². The number of fused-ring (bicyclic) bond motifs is 1. The SMILES string of the molecule is CCOc1ccc(/C=C(\C#N)C(=O)Oc2ccc3cc(C(=O)NC(C)C)c(=O)oc3c2)cc1. The summed E-state index contributed by atoms with van der Waals surface area (Å²) in [5.41, 5.74) is -0.367. The quantitative estimate of drug-likeness (QED) is 0.193. The molecule has 8 nitrogen and oxygen atoms in total. The average molecular weight is 446 g/mol. The van der Waals surface area contributed by atoms with Crippen molar-refractivity contribution in [2.75, 3.05) is 6.61 Å². The summed E-state index contributed by atoms with van der Waals surface area (Å²) in [6, 6.07) is 14.4. The van der Waals surface area contributed by atoms with Gasteiger partial charge < -0.3 is 19.2 Å². The Kier molecular flexibility index (Phi) is 7.26. The average Bonchev–Trinajstić information content (AvgIpc) is 2.77. The normalized spacial score (nSPS) is 11.2. The van der Waals surface area contributed by atoms with Crippen LogP contribution < -0.4 is 20.4 Å². The van der Waals surface area contributed by atoms with Crippen LogP contribution >= 0.6 is 0 Å². The fourth-order valence-electron chi connectivity index (χ4n) is 2.95. The number of carbonyl (C=O) groups is 2. The monoisotopic (exact) mass is 446 g/mol. The van der Waals surface area contributed by atoms with E-state index in [0.717, 1.165) is 0 Å². The predicted molar refractivity (Wildman–Crippen MR) is 122 cm³/mol. The molecule has 33 heavy (non-hydrogen) atoms. The lowest BCUT2D eigenvalue weighted by atomic mass is 10.1. The van der Waals surface area contributed by atoms with Gasteiger partial charge in [-0.3, -0.25) is 4.79 Å². The minimum absolute atomic E-state index is 0.0860. The van der Waals surface area contributed by atoms with Gasteiger partial charge in [0, 0.05) is 17.5 Å². The predicted octanol–water partition coefficient (Wildman–Crippen LogP) is 3.84. The van der Waals surface area contributed by atoms with Crippen LogP contribution in [0.4, 0.5) is 0 Å². The summed E-state index contributed by atoms with van der Waals surface area (Å²) in [7, 11) is 0. The van der Waals surface area contributed by atoms with Gasteiger partial charge in [-0.2, -0.15) is 5.26 Å². The van der Waals surface area contributed by atoms with Crippen LogP contribution in [0, 0.1) is 11.3 Å². The van der Waals surface area contributed by atoms with Crippen LogP contribution in [0.5, 0.6) is 11.5 Å². The molecule has 0 bridgehead atoms. The number of esters is 1. The summed E-state index contributed by atoms with van der Waals surface area (Å²) in [5, 5.41) is 12.5. The molecular weight excluding hydrogens is 424 g/mol. The van der Waals surface area contributed by atoms with Crippen LogP contribution in [0.25, 0.3) is 17.0 Å². The molecule has 1 amide bonds. The number of carbonyl (C=O) groups excluding carboxylic acids is 2. The minimum atomic E-state index is -0.860. The summed E-state index contributed by atoms with van der Waals surface area (Å²) in [5.74, 6) is -0.628. The summed E-state index contributed by atoms with van der Waals surface area (Å²) in [4.78, 5) is 36.9. The molecule has 0 atom stereocenters. The molecule has 1 heterocycles. The first-order valence-corrected chi connectivity index (χ1v) is 10.3. The first-order valence-electron chi connectivity index (χ1n) is 10.3. The standard InChI is InChI=1S/C25H22N2O6/c1-4-31-19-8-5-16(6-9-19)11-18(14-26)24(29)32-20-10-7-17-12-21(23(28)27-15(2)3)25(30)33-22(17)13-20/h5-13,15H,4H2,1-3H3,(H,27,28)/b18-11+. The second kappa shape index (κ2) is 10.3. The summed E-state index contributed by atoms with van der Waals surface area (Å²) >= 11 is 0. The molecule has 0 saturated carbocycles. The smallest absolute Gasteiger partial charge is 0.354 e. The maximum atomic E-state index is 12.5. The molecule has 3 rings (SSSR count). The zero-order chi connectivity index (χ0) is 24.0. The molecule has 1 aromatic heterocycles. The number of nitrogens with one attached hydrogen (secondary N) is 1. The molecule has 0 spiro atoms. The Morgan fingerprint density at radius 3 is 2.45 bits per heavy atom. The van der Waals surface area contributed by atoms with Gasteiger partial charge >= 0.3 is 11.6 Å². The molecule has 0 aliphatic heterocycles. The Morgan fingerprint density at radius 2 is 1.82 bits per heavy atom. The summed E-state index contributed by atoms with van der Waals surface area (Å²) in [6.45, 7) is 5.96. The molecule has 3 aromatic rings. The van der Waals surface area contributed by atoms with Crippen molar-refractivity contribution < 1.29 is 23.5 Å². The Balaban J connectivity index is 1.81. The lowest BCUT2D eigenvalue weighted by Crippen LogP contribution is -2.33. The van der Waals surface area contributed by atoms with Crippen molar-refractivity contribution in [2.24, 2.45) is 0 Å². The lowest BCUT2D eigenvalue weighted by molar-refractivity contribution is -0.129. The number of ether oxygens (including phenoxy) is 2. The largest absolute Gasteiger partial charge is 0.494 e. The Labute approximate surface area is 190 Å². The fourth-order valence-corrected chi connectivity index (χ4v) is 2.95. The molecule has 0 fully saturated rings. The Hall–Kier alpha value is -4.38. The highest BCUT2D eigenvalue weighted by atomic mass is 16.5. The van der Waals surface area contributed by atoms with E-state index in [-0.39, 0.29) is 28.5 Å². The third-order valence-corrected chi connectivity index (χ3v) is 4.42. The third kappa shape index (κ3) is 5.86. The number of amides is 1. The van der Waals surface area contributed by atoms with Crippen LogP contribution in [-0.4, -0.2) is 24.5 Å². The van der Waals surface area contributed by atoms with Gasteiger partial charge in [0.05, 0.1) is 6.61 Å². The molecule has 0 aliphatic carbocycles. The van der Waals surface area contributed by atoms with Crippen molar-refractivity contribution in [1.82, 2.24) is 5.32 Å². The van der Waals surface area contributed by atoms with Crippen molar-refractivity contribution in [3.8, 4) is 17.6 Å². The number of rotatable bonds is 7. The molecule has 0 radical (unpaired) electrons. The van der Waals surface area contributed by atoms with E-state index in [1.165, 1.54) is 24.3 Å². The van der Waals surface area contributed by atoms with E-state index in [1.807, 2.05) is 13.0 Å². The van der Waals surface area contributed by atoms with Crippen LogP contribution in [0.2, 0.25) is 0 Å². The lowest BCUT2D eigenvalue weighted by Gasteiger charge is -2.08. The Morgan fingerprint density at radius 1 is 1.12 bits per heavy atom. The number of nitriles is 1. The van der Waals surface area contributed by atoms with E-state index in [1.54, 1.807) is 44.2 Å². The number of nitrogens with zero attached hydrogens (tertiary/aromatic N) is 1. The van der Waals surface area contributed by atoms with E-state index in [0.29, 0.717) is 23.3 Å². The van der Waals surface area contributed by atoms with Crippen LogP contribution in [-0.2, 0) is 4.79 Å². The highest BCUT2D eigenvalue weighted by Gasteiger charge is 2.16. The molecule has 2 aromatic carbocycles. The summed E-state index contributed by atoms with van der Waals surface area (Å²) < 4.78 is 15.9. The second-order valence-electron chi connectivity index (χ2n) is 7.34. The zero-order valence-corrected chi connectivity index (χ0v) is 18.4. The van der Waals surface area contributed by atoms with Crippen molar-refractivity contribution in [2.45, 2.75) is 26.8 Å². The third-order valence-electron chi connectivity index (χ3n) is 4.42. The molecular formula is C25H22N2O6. The Bertz CT molecular complexity index is 1310. The van der Waals surface area contributed by atoms with Crippen LogP contribution in [0.15, 0.2) is 63.3 Å². The van der Waals surface area contributed by atoms with Gasteiger partial charge in [0.15, 0.2) is 0 Å². The van der Waals surface area contributed by atoms with E-state index >= 15 is 0 Å². The molecule has 168 valence electrons. The molecule has 0 aliphatic rings.